The second-order valence-electron chi connectivity index (χ2n) is 4.25. The fourth-order valence-corrected chi connectivity index (χ4v) is 1.94. The zero-order chi connectivity index (χ0) is 12.1. The van der Waals surface area contributed by atoms with Crippen LogP contribution < -0.4 is 16.3 Å². The number of nitrogens with one attached hydrogen (secondary N) is 2. The number of hydrogen-bond acceptors (Lipinski definition) is 4. The van der Waals surface area contributed by atoms with E-state index >= 15 is 0 Å². The standard InChI is InChI=1S/C12H16N2O3/c15-11-2-1-10(8-17-11)12(16)14-6-4-9-3-5-13-7-9/h1-2,8-9,13H,3-7H2,(H,14,16). The molecule has 1 atom stereocenters. The molecule has 1 aromatic heterocycles. The molecule has 1 aliphatic rings. The molecule has 2 rings (SSSR count). The van der Waals surface area contributed by atoms with Gasteiger partial charge >= 0.3 is 5.63 Å². The van der Waals surface area contributed by atoms with E-state index in [-0.39, 0.29) is 5.91 Å². The van der Waals surface area contributed by atoms with Gasteiger partial charge in [-0.2, -0.15) is 0 Å². The Bertz CT molecular complexity index is 415. The third kappa shape index (κ3) is 3.42. The summed E-state index contributed by atoms with van der Waals surface area (Å²) in [4.78, 5) is 22.4. The first-order valence-electron chi connectivity index (χ1n) is 5.83. The molecule has 0 aliphatic carbocycles. The van der Waals surface area contributed by atoms with E-state index < -0.39 is 5.63 Å². The largest absolute Gasteiger partial charge is 0.430 e. The van der Waals surface area contributed by atoms with Crippen LogP contribution in [0.2, 0.25) is 0 Å². The first-order chi connectivity index (χ1) is 8.25. The molecule has 0 saturated carbocycles. The van der Waals surface area contributed by atoms with E-state index in [0.717, 1.165) is 19.5 Å². The van der Waals surface area contributed by atoms with Gasteiger partial charge in [0.15, 0.2) is 0 Å². The number of hydrogen-bond donors (Lipinski definition) is 2. The lowest BCUT2D eigenvalue weighted by atomic mass is 10.1. The van der Waals surface area contributed by atoms with Crippen molar-refractivity contribution in [2.24, 2.45) is 5.92 Å². The molecular formula is C12H16N2O3. The summed E-state index contributed by atoms with van der Waals surface area (Å²) in [6.45, 7) is 2.77. The molecule has 5 nitrogen and oxygen atoms in total. The van der Waals surface area contributed by atoms with Gasteiger partial charge in [0.2, 0.25) is 0 Å². The first-order valence-corrected chi connectivity index (χ1v) is 5.83. The maximum absolute atomic E-state index is 11.6. The van der Waals surface area contributed by atoms with E-state index in [9.17, 15) is 9.59 Å². The van der Waals surface area contributed by atoms with Gasteiger partial charge in [-0.15, -0.1) is 0 Å². The van der Waals surface area contributed by atoms with Crippen molar-refractivity contribution in [3.8, 4) is 0 Å². The zero-order valence-electron chi connectivity index (χ0n) is 9.57. The molecule has 0 radical (unpaired) electrons. The molecule has 2 N–H and O–H groups in total. The van der Waals surface area contributed by atoms with Gasteiger partial charge in [-0.25, -0.2) is 4.79 Å². The van der Waals surface area contributed by atoms with Crippen molar-refractivity contribution in [1.29, 1.82) is 0 Å². The smallest absolute Gasteiger partial charge is 0.335 e. The van der Waals surface area contributed by atoms with Crippen LogP contribution in [-0.2, 0) is 0 Å². The molecule has 5 heteroatoms. The van der Waals surface area contributed by atoms with Gasteiger partial charge in [-0.1, -0.05) is 0 Å². The minimum Gasteiger partial charge on any atom is -0.430 e. The summed E-state index contributed by atoms with van der Waals surface area (Å²) < 4.78 is 4.63. The summed E-state index contributed by atoms with van der Waals surface area (Å²) in [5.74, 6) is 0.462. The molecule has 1 unspecified atom stereocenters. The first kappa shape index (κ1) is 11.9. The van der Waals surface area contributed by atoms with Crippen LogP contribution >= 0.6 is 0 Å². The normalized spacial score (nSPS) is 19.2. The van der Waals surface area contributed by atoms with E-state index in [2.05, 4.69) is 15.1 Å². The SMILES string of the molecule is O=C(NCCC1CCNC1)c1ccc(=O)oc1. The lowest BCUT2D eigenvalue weighted by molar-refractivity contribution is 0.0949. The van der Waals surface area contributed by atoms with Crippen molar-refractivity contribution in [2.75, 3.05) is 19.6 Å². The number of rotatable bonds is 4. The van der Waals surface area contributed by atoms with Gasteiger partial charge in [-0.05, 0) is 37.9 Å². The van der Waals surface area contributed by atoms with Crippen LogP contribution in [0.25, 0.3) is 0 Å². The summed E-state index contributed by atoms with van der Waals surface area (Å²) in [6, 6.07) is 2.72. The summed E-state index contributed by atoms with van der Waals surface area (Å²) in [5.41, 5.74) is -0.0623. The molecule has 1 aliphatic heterocycles. The predicted molar refractivity (Wildman–Crippen MR) is 62.9 cm³/mol. The summed E-state index contributed by atoms with van der Waals surface area (Å²) in [6.07, 6.45) is 3.35. The second kappa shape index (κ2) is 5.63. The fraction of sp³-hybridized carbons (Fsp3) is 0.500. The summed E-state index contributed by atoms with van der Waals surface area (Å²) >= 11 is 0. The number of amides is 1. The van der Waals surface area contributed by atoms with E-state index in [0.29, 0.717) is 18.0 Å². The molecule has 1 fully saturated rings. The Labute approximate surface area is 99.2 Å². The van der Waals surface area contributed by atoms with Crippen molar-refractivity contribution in [1.82, 2.24) is 10.6 Å². The third-order valence-electron chi connectivity index (χ3n) is 2.96. The van der Waals surface area contributed by atoms with Crippen LogP contribution in [0.1, 0.15) is 23.2 Å². The minimum absolute atomic E-state index is 0.195. The van der Waals surface area contributed by atoms with E-state index in [1.54, 1.807) is 0 Å². The Balaban J connectivity index is 1.76. The van der Waals surface area contributed by atoms with Crippen molar-refractivity contribution in [2.45, 2.75) is 12.8 Å². The molecule has 0 bridgehead atoms. The van der Waals surface area contributed by atoms with E-state index in [4.69, 9.17) is 0 Å². The maximum Gasteiger partial charge on any atom is 0.335 e. The topological polar surface area (TPSA) is 71.3 Å². The Kier molecular flexibility index (Phi) is 3.93. The van der Waals surface area contributed by atoms with Crippen LogP contribution in [0, 0.1) is 5.92 Å². The lowest BCUT2D eigenvalue weighted by Crippen LogP contribution is -2.26. The fourth-order valence-electron chi connectivity index (χ4n) is 1.94. The quantitative estimate of drug-likeness (QED) is 0.792. The highest BCUT2D eigenvalue weighted by atomic mass is 16.4. The average Bonchev–Trinajstić information content (AvgIpc) is 2.83. The molecule has 2 heterocycles. The van der Waals surface area contributed by atoms with Crippen LogP contribution in [-0.4, -0.2) is 25.5 Å². The van der Waals surface area contributed by atoms with Crippen molar-refractivity contribution in [3.63, 3.8) is 0 Å². The highest BCUT2D eigenvalue weighted by Crippen LogP contribution is 2.10. The number of carbonyl (C=O) groups excluding carboxylic acids is 1. The summed E-state index contributed by atoms with van der Waals surface area (Å²) in [5, 5.41) is 6.10. The van der Waals surface area contributed by atoms with Crippen LogP contribution in [0.4, 0.5) is 0 Å². The molecule has 92 valence electrons. The zero-order valence-corrected chi connectivity index (χ0v) is 9.57. The summed E-state index contributed by atoms with van der Waals surface area (Å²) in [7, 11) is 0. The molecule has 1 amide bonds. The van der Waals surface area contributed by atoms with Gasteiger partial charge in [0.05, 0.1) is 5.56 Å². The molecule has 0 spiro atoms. The highest BCUT2D eigenvalue weighted by molar-refractivity contribution is 5.93. The molecular weight excluding hydrogens is 220 g/mol. The maximum atomic E-state index is 11.6. The average molecular weight is 236 g/mol. The van der Waals surface area contributed by atoms with Crippen LogP contribution in [0.3, 0.4) is 0 Å². The Morgan fingerprint density at radius 2 is 2.41 bits per heavy atom. The van der Waals surface area contributed by atoms with Crippen molar-refractivity contribution < 1.29 is 9.21 Å². The lowest BCUT2D eigenvalue weighted by Gasteiger charge is -2.08. The van der Waals surface area contributed by atoms with Crippen molar-refractivity contribution in [3.05, 3.63) is 34.4 Å². The van der Waals surface area contributed by atoms with Gasteiger partial charge in [0.25, 0.3) is 5.91 Å². The molecule has 17 heavy (non-hydrogen) atoms. The monoisotopic (exact) mass is 236 g/mol. The van der Waals surface area contributed by atoms with Gasteiger partial charge in [-0.3, -0.25) is 4.79 Å². The number of carbonyl (C=O) groups is 1. The van der Waals surface area contributed by atoms with Crippen molar-refractivity contribution >= 4 is 5.91 Å². The Hall–Kier alpha value is -1.62. The third-order valence-corrected chi connectivity index (χ3v) is 2.96. The second-order valence-corrected chi connectivity index (χ2v) is 4.25. The molecule has 0 aromatic carbocycles. The highest BCUT2D eigenvalue weighted by Gasteiger charge is 2.14. The van der Waals surface area contributed by atoms with E-state index in [1.165, 1.54) is 24.8 Å². The van der Waals surface area contributed by atoms with Crippen LogP contribution in [0.15, 0.2) is 27.6 Å². The van der Waals surface area contributed by atoms with Gasteiger partial charge in [0.1, 0.15) is 6.26 Å². The molecule has 1 saturated heterocycles. The van der Waals surface area contributed by atoms with Gasteiger partial charge in [0, 0.05) is 12.6 Å². The van der Waals surface area contributed by atoms with Gasteiger partial charge < -0.3 is 15.1 Å². The Morgan fingerprint density at radius 3 is 3.06 bits per heavy atom. The minimum atomic E-state index is -0.446. The van der Waals surface area contributed by atoms with Crippen LogP contribution in [0.5, 0.6) is 0 Å². The Morgan fingerprint density at radius 1 is 1.53 bits per heavy atom. The van der Waals surface area contributed by atoms with E-state index in [1.807, 2.05) is 0 Å². The molecule has 1 aromatic rings. The predicted octanol–water partition coefficient (Wildman–Crippen LogP) is 0.369.